The average Bonchev–Trinajstić information content (AvgIpc) is 3.00. The Morgan fingerprint density at radius 2 is 2.22 bits per heavy atom. The second-order valence-corrected chi connectivity index (χ2v) is 5.04. The van der Waals surface area contributed by atoms with E-state index >= 15 is 0 Å². The van der Waals surface area contributed by atoms with Gasteiger partial charge in [0.25, 0.3) is 6.43 Å². The first-order valence-electron chi connectivity index (χ1n) is 6.33. The van der Waals surface area contributed by atoms with Crippen LogP contribution in [0.15, 0.2) is 10.5 Å². The zero-order valence-corrected chi connectivity index (χ0v) is 10.9. The molecule has 18 heavy (non-hydrogen) atoms. The maximum atomic E-state index is 12.2. The fourth-order valence-electron chi connectivity index (χ4n) is 1.95. The van der Waals surface area contributed by atoms with E-state index < -0.39 is 6.43 Å². The van der Waals surface area contributed by atoms with E-state index in [1.165, 1.54) is 12.8 Å². The molecule has 1 fully saturated rings. The monoisotopic (exact) mass is 258 g/mol. The van der Waals surface area contributed by atoms with Crippen LogP contribution in [0.5, 0.6) is 0 Å². The SMILES string of the molecule is Cc1oc(CN(C)CC(F)F)cc1CNC1CC1. The minimum absolute atomic E-state index is 0.227. The molecule has 0 aromatic carbocycles. The summed E-state index contributed by atoms with van der Waals surface area (Å²) in [7, 11) is 1.67. The molecule has 0 radical (unpaired) electrons. The molecule has 0 spiro atoms. The van der Waals surface area contributed by atoms with Gasteiger partial charge in [-0.05, 0) is 32.9 Å². The molecule has 1 saturated carbocycles. The summed E-state index contributed by atoms with van der Waals surface area (Å²) in [4.78, 5) is 1.57. The van der Waals surface area contributed by atoms with Gasteiger partial charge in [0.2, 0.25) is 0 Å². The van der Waals surface area contributed by atoms with Crippen molar-refractivity contribution < 1.29 is 13.2 Å². The predicted octanol–water partition coefficient (Wildman–Crippen LogP) is 2.54. The van der Waals surface area contributed by atoms with E-state index in [1.54, 1.807) is 11.9 Å². The maximum absolute atomic E-state index is 12.2. The number of halogens is 2. The summed E-state index contributed by atoms with van der Waals surface area (Å²) in [6.07, 6.45) is 0.198. The molecule has 102 valence electrons. The zero-order chi connectivity index (χ0) is 13.1. The van der Waals surface area contributed by atoms with Crippen molar-refractivity contribution in [3.63, 3.8) is 0 Å². The van der Waals surface area contributed by atoms with Crippen LogP contribution in [0.2, 0.25) is 0 Å². The summed E-state index contributed by atoms with van der Waals surface area (Å²) >= 11 is 0. The van der Waals surface area contributed by atoms with E-state index in [0.29, 0.717) is 12.6 Å². The summed E-state index contributed by atoms with van der Waals surface area (Å²) in [6.45, 7) is 2.92. The van der Waals surface area contributed by atoms with Gasteiger partial charge in [0.05, 0.1) is 13.1 Å². The lowest BCUT2D eigenvalue weighted by molar-refractivity contribution is 0.0945. The molecular formula is C13H20F2N2O. The van der Waals surface area contributed by atoms with Crippen molar-refractivity contribution in [2.24, 2.45) is 0 Å². The van der Waals surface area contributed by atoms with Gasteiger partial charge in [-0.2, -0.15) is 0 Å². The summed E-state index contributed by atoms with van der Waals surface area (Å²) in [5.41, 5.74) is 1.13. The van der Waals surface area contributed by atoms with Crippen molar-refractivity contribution in [1.29, 1.82) is 0 Å². The van der Waals surface area contributed by atoms with Gasteiger partial charge in [0.15, 0.2) is 0 Å². The number of furan rings is 1. The van der Waals surface area contributed by atoms with Gasteiger partial charge < -0.3 is 9.73 Å². The Labute approximate surface area is 106 Å². The van der Waals surface area contributed by atoms with Gasteiger partial charge in [-0.15, -0.1) is 0 Å². The molecule has 5 heteroatoms. The van der Waals surface area contributed by atoms with Crippen molar-refractivity contribution in [3.8, 4) is 0 Å². The number of nitrogens with zero attached hydrogens (tertiary/aromatic N) is 1. The van der Waals surface area contributed by atoms with Crippen LogP contribution in [0, 0.1) is 6.92 Å². The summed E-state index contributed by atoms with van der Waals surface area (Å²) in [5, 5.41) is 3.42. The van der Waals surface area contributed by atoms with E-state index in [0.717, 1.165) is 23.6 Å². The lowest BCUT2D eigenvalue weighted by Gasteiger charge is -2.13. The zero-order valence-electron chi connectivity index (χ0n) is 10.9. The van der Waals surface area contributed by atoms with Crippen LogP contribution >= 0.6 is 0 Å². The number of hydrogen-bond donors (Lipinski definition) is 1. The molecule has 1 aliphatic rings. The van der Waals surface area contributed by atoms with Crippen LogP contribution in [0.4, 0.5) is 8.78 Å². The van der Waals surface area contributed by atoms with Crippen molar-refractivity contribution in [2.75, 3.05) is 13.6 Å². The van der Waals surface area contributed by atoms with Crippen LogP contribution in [0.25, 0.3) is 0 Å². The van der Waals surface area contributed by atoms with Gasteiger partial charge >= 0.3 is 0 Å². The van der Waals surface area contributed by atoms with Crippen molar-refractivity contribution in [1.82, 2.24) is 10.2 Å². The molecular weight excluding hydrogens is 238 g/mol. The second-order valence-electron chi connectivity index (χ2n) is 5.04. The average molecular weight is 258 g/mol. The highest BCUT2D eigenvalue weighted by molar-refractivity contribution is 5.21. The number of rotatable bonds is 7. The molecule has 0 atom stereocenters. The Kier molecular flexibility index (Phi) is 4.35. The molecule has 1 aromatic rings. The van der Waals surface area contributed by atoms with Crippen molar-refractivity contribution in [2.45, 2.75) is 45.3 Å². The minimum Gasteiger partial charge on any atom is -0.465 e. The van der Waals surface area contributed by atoms with E-state index in [1.807, 2.05) is 13.0 Å². The summed E-state index contributed by atoms with van der Waals surface area (Å²) < 4.78 is 30.0. The number of alkyl halides is 2. The van der Waals surface area contributed by atoms with E-state index in [-0.39, 0.29) is 6.54 Å². The Hall–Kier alpha value is -0.940. The van der Waals surface area contributed by atoms with Gasteiger partial charge in [-0.3, -0.25) is 4.90 Å². The predicted molar refractivity (Wildman–Crippen MR) is 65.6 cm³/mol. The molecule has 3 nitrogen and oxygen atoms in total. The fourth-order valence-corrected chi connectivity index (χ4v) is 1.95. The molecule has 0 amide bonds. The molecule has 1 N–H and O–H groups in total. The Morgan fingerprint density at radius 3 is 2.83 bits per heavy atom. The normalized spacial score (nSPS) is 15.9. The van der Waals surface area contributed by atoms with Crippen molar-refractivity contribution in [3.05, 3.63) is 23.2 Å². The van der Waals surface area contributed by atoms with Gasteiger partial charge in [0, 0.05) is 18.2 Å². The molecule has 1 heterocycles. The van der Waals surface area contributed by atoms with Crippen LogP contribution in [-0.2, 0) is 13.1 Å². The summed E-state index contributed by atoms with van der Waals surface area (Å²) in [5.74, 6) is 1.63. The van der Waals surface area contributed by atoms with E-state index in [2.05, 4.69) is 5.32 Å². The van der Waals surface area contributed by atoms with Gasteiger partial charge in [-0.25, -0.2) is 8.78 Å². The van der Waals surface area contributed by atoms with Crippen LogP contribution in [-0.4, -0.2) is 31.0 Å². The van der Waals surface area contributed by atoms with E-state index in [9.17, 15) is 8.78 Å². The molecule has 1 aromatic heterocycles. The van der Waals surface area contributed by atoms with Crippen LogP contribution in [0.3, 0.4) is 0 Å². The highest BCUT2D eigenvalue weighted by Crippen LogP contribution is 2.21. The number of hydrogen-bond acceptors (Lipinski definition) is 3. The molecule has 0 aliphatic heterocycles. The smallest absolute Gasteiger partial charge is 0.251 e. The Balaban J connectivity index is 1.86. The topological polar surface area (TPSA) is 28.4 Å². The van der Waals surface area contributed by atoms with Gasteiger partial charge in [-0.1, -0.05) is 0 Å². The maximum Gasteiger partial charge on any atom is 0.251 e. The van der Waals surface area contributed by atoms with Crippen molar-refractivity contribution >= 4 is 0 Å². The third-order valence-electron chi connectivity index (χ3n) is 3.11. The Morgan fingerprint density at radius 1 is 1.50 bits per heavy atom. The second kappa shape index (κ2) is 5.80. The first kappa shape index (κ1) is 13.5. The Bertz CT molecular complexity index is 388. The molecule has 2 rings (SSSR count). The standard InChI is InChI=1S/C13H20F2N2O/c1-9-10(6-16-11-3-4-11)5-12(18-9)7-17(2)8-13(14)15/h5,11,13,16H,3-4,6-8H2,1-2H3. The van der Waals surface area contributed by atoms with Crippen LogP contribution < -0.4 is 5.32 Å². The number of nitrogens with one attached hydrogen (secondary N) is 1. The van der Waals surface area contributed by atoms with Crippen LogP contribution in [0.1, 0.15) is 29.9 Å². The first-order chi connectivity index (χ1) is 8.54. The largest absolute Gasteiger partial charge is 0.465 e. The quantitative estimate of drug-likeness (QED) is 0.814. The lowest BCUT2D eigenvalue weighted by atomic mass is 10.2. The first-order valence-corrected chi connectivity index (χ1v) is 6.33. The number of aryl methyl sites for hydroxylation is 1. The highest BCUT2D eigenvalue weighted by Gasteiger charge is 2.21. The fraction of sp³-hybridized carbons (Fsp3) is 0.692. The van der Waals surface area contributed by atoms with E-state index in [4.69, 9.17) is 4.42 Å². The molecule has 0 bridgehead atoms. The highest BCUT2D eigenvalue weighted by atomic mass is 19.3. The minimum atomic E-state index is -2.30. The third kappa shape index (κ3) is 4.07. The lowest BCUT2D eigenvalue weighted by Crippen LogP contribution is -2.23. The summed E-state index contributed by atoms with van der Waals surface area (Å²) in [6, 6.07) is 2.62. The van der Waals surface area contributed by atoms with Gasteiger partial charge in [0.1, 0.15) is 11.5 Å². The molecule has 0 saturated heterocycles. The molecule has 1 aliphatic carbocycles. The molecule has 0 unspecified atom stereocenters. The third-order valence-corrected chi connectivity index (χ3v) is 3.11.